The molecule has 2 unspecified atom stereocenters. The molecule has 3 heteroatoms. The molecular formula is C10H11NOS. The first-order chi connectivity index (χ1) is 6.36. The lowest BCUT2D eigenvalue weighted by Crippen LogP contribution is -2.18. The van der Waals surface area contributed by atoms with Gasteiger partial charge in [-0.1, -0.05) is 0 Å². The van der Waals surface area contributed by atoms with Crippen molar-refractivity contribution >= 4 is 23.9 Å². The maximum absolute atomic E-state index is 11.4. The van der Waals surface area contributed by atoms with E-state index in [-0.39, 0.29) is 11.8 Å². The van der Waals surface area contributed by atoms with Crippen LogP contribution in [0.2, 0.25) is 0 Å². The highest BCUT2D eigenvalue weighted by molar-refractivity contribution is 8.03. The molecule has 2 heterocycles. The summed E-state index contributed by atoms with van der Waals surface area (Å²) in [6, 6.07) is 0. The molecule has 1 aliphatic carbocycles. The van der Waals surface area contributed by atoms with Gasteiger partial charge in [-0.3, -0.25) is 4.79 Å². The van der Waals surface area contributed by atoms with Crippen molar-refractivity contribution in [2.24, 2.45) is 16.8 Å². The second kappa shape index (κ2) is 2.71. The van der Waals surface area contributed by atoms with Gasteiger partial charge < -0.3 is 0 Å². The lowest BCUT2D eigenvalue weighted by Gasteiger charge is -2.23. The van der Waals surface area contributed by atoms with E-state index < -0.39 is 0 Å². The molecule has 1 saturated heterocycles. The smallest absolute Gasteiger partial charge is 0.253 e. The highest BCUT2D eigenvalue weighted by Gasteiger charge is 2.37. The zero-order valence-corrected chi connectivity index (χ0v) is 8.14. The standard InChI is InChI=1S/C10H11NOS/c12-10-7-2-1-6-3-4-13-9(6)8(7)5-11-10/h5-7H,1-4H2. The predicted octanol–water partition coefficient (Wildman–Crippen LogP) is 2.01. The molecule has 0 bridgehead atoms. The van der Waals surface area contributed by atoms with Crippen molar-refractivity contribution in [1.82, 2.24) is 0 Å². The Morgan fingerprint density at radius 2 is 2.31 bits per heavy atom. The Kier molecular flexibility index (Phi) is 1.62. The van der Waals surface area contributed by atoms with Gasteiger partial charge in [0.15, 0.2) is 0 Å². The van der Waals surface area contributed by atoms with Crippen LogP contribution < -0.4 is 0 Å². The monoisotopic (exact) mass is 193 g/mol. The third-order valence-corrected chi connectivity index (χ3v) is 4.51. The minimum Gasteiger partial charge on any atom is -0.272 e. The molecule has 2 aliphatic heterocycles. The van der Waals surface area contributed by atoms with E-state index in [0.29, 0.717) is 0 Å². The van der Waals surface area contributed by atoms with Gasteiger partial charge in [0.05, 0.1) is 5.92 Å². The number of rotatable bonds is 0. The molecule has 0 aromatic carbocycles. The van der Waals surface area contributed by atoms with E-state index >= 15 is 0 Å². The van der Waals surface area contributed by atoms with Crippen molar-refractivity contribution in [1.29, 1.82) is 0 Å². The van der Waals surface area contributed by atoms with Crippen molar-refractivity contribution in [3.05, 3.63) is 10.5 Å². The molecule has 1 amide bonds. The highest BCUT2D eigenvalue weighted by Crippen LogP contribution is 2.48. The van der Waals surface area contributed by atoms with Crippen LogP contribution in [0.5, 0.6) is 0 Å². The van der Waals surface area contributed by atoms with E-state index in [1.54, 1.807) is 0 Å². The minimum atomic E-state index is 0.0912. The summed E-state index contributed by atoms with van der Waals surface area (Å²) in [5.74, 6) is 2.22. The first kappa shape index (κ1) is 7.80. The van der Waals surface area contributed by atoms with Crippen LogP contribution >= 0.6 is 11.8 Å². The quantitative estimate of drug-likeness (QED) is 0.589. The summed E-state index contributed by atoms with van der Waals surface area (Å²) >= 11 is 1.94. The van der Waals surface area contributed by atoms with Gasteiger partial charge in [-0.2, -0.15) is 0 Å². The van der Waals surface area contributed by atoms with Gasteiger partial charge >= 0.3 is 0 Å². The van der Waals surface area contributed by atoms with E-state index in [0.717, 1.165) is 12.3 Å². The summed E-state index contributed by atoms with van der Waals surface area (Å²) in [4.78, 5) is 16.7. The molecule has 2 nitrogen and oxygen atoms in total. The molecule has 0 saturated carbocycles. The summed E-state index contributed by atoms with van der Waals surface area (Å²) in [5, 5.41) is 0. The van der Waals surface area contributed by atoms with Crippen molar-refractivity contribution in [2.45, 2.75) is 19.3 Å². The topological polar surface area (TPSA) is 29.4 Å². The molecule has 3 rings (SSSR count). The van der Waals surface area contributed by atoms with E-state index in [1.807, 2.05) is 18.0 Å². The summed E-state index contributed by atoms with van der Waals surface area (Å²) in [7, 11) is 0. The van der Waals surface area contributed by atoms with Crippen LogP contribution in [0.4, 0.5) is 0 Å². The molecular weight excluding hydrogens is 182 g/mol. The van der Waals surface area contributed by atoms with Crippen molar-refractivity contribution in [2.75, 3.05) is 5.75 Å². The summed E-state index contributed by atoms with van der Waals surface area (Å²) in [6.07, 6.45) is 5.35. The van der Waals surface area contributed by atoms with Gasteiger partial charge in [-0.15, -0.1) is 11.8 Å². The molecule has 13 heavy (non-hydrogen) atoms. The molecule has 0 spiro atoms. The second-order valence-corrected chi connectivity index (χ2v) is 5.02. The van der Waals surface area contributed by atoms with E-state index in [9.17, 15) is 4.79 Å². The maximum atomic E-state index is 11.4. The molecule has 1 fully saturated rings. The number of carbonyl (C=O) groups is 1. The Labute approximate surface area is 81.5 Å². The second-order valence-electron chi connectivity index (χ2n) is 3.88. The minimum absolute atomic E-state index is 0.0912. The predicted molar refractivity (Wildman–Crippen MR) is 53.8 cm³/mol. The van der Waals surface area contributed by atoms with Crippen molar-refractivity contribution in [3.63, 3.8) is 0 Å². The zero-order valence-electron chi connectivity index (χ0n) is 7.32. The number of amides is 1. The Morgan fingerprint density at radius 3 is 3.23 bits per heavy atom. The normalized spacial score (nSPS) is 36.8. The molecule has 2 atom stereocenters. The van der Waals surface area contributed by atoms with Crippen LogP contribution in [0.25, 0.3) is 0 Å². The van der Waals surface area contributed by atoms with Crippen LogP contribution in [-0.2, 0) is 4.79 Å². The fourth-order valence-corrected chi connectivity index (χ4v) is 3.94. The number of carbonyl (C=O) groups excluding carboxylic acids is 1. The van der Waals surface area contributed by atoms with Crippen molar-refractivity contribution < 1.29 is 4.79 Å². The van der Waals surface area contributed by atoms with E-state index in [1.165, 1.54) is 29.1 Å². The van der Waals surface area contributed by atoms with Gasteiger partial charge in [0.25, 0.3) is 5.91 Å². The lowest BCUT2D eigenvalue weighted by atomic mass is 9.82. The van der Waals surface area contributed by atoms with E-state index in [2.05, 4.69) is 4.99 Å². The highest BCUT2D eigenvalue weighted by atomic mass is 32.2. The average molecular weight is 193 g/mol. The number of hydrogen-bond donors (Lipinski definition) is 0. The van der Waals surface area contributed by atoms with Crippen LogP contribution in [0.1, 0.15) is 19.3 Å². The molecule has 3 aliphatic rings. The van der Waals surface area contributed by atoms with Crippen LogP contribution in [0.15, 0.2) is 15.5 Å². The first-order valence-corrected chi connectivity index (χ1v) is 5.79. The summed E-state index contributed by atoms with van der Waals surface area (Å²) in [6.45, 7) is 0. The Morgan fingerprint density at radius 1 is 1.38 bits per heavy atom. The van der Waals surface area contributed by atoms with Gasteiger partial charge in [0.2, 0.25) is 0 Å². The lowest BCUT2D eigenvalue weighted by molar-refractivity contribution is -0.120. The third-order valence-electron chi connectivity index (χ3n) is 3.19. The van der Waals surface area contributed by atoms with Crippen LogP contribution in [0.3, 0.4) is 0 Å². The van der Waals surface area contributed by atoms with Gasteiger partial charge in [-0.05, 0) is 41.4 Å². The van der Waals surface area contributed by atoms with Crippen LogP contribution in [-0.4, -0.2) is 17.9 Å². The largest absolute Gasteiger partial charge is 0.272 e. The van der Waals surface area contributed by atoms with Crippen LogP contribution in [0, 0.1) is 11.8 Å². The third kappa shape index (κ3) is 1.03. The zero-order chi connectivity index (χ0) is 8.84. The number of hydrogen-bond acceptors (Lipinski definition) is 2. The fraction of sp³-hybridized carbons (Fsp3) is 0.600. The number of allylic oxidation sites excluding steroid dienone is 1. The van der Waals surface area contributed by atoms with Gasteiger partial charge in [-0.25, -0.2) is 4.99 Å². The molecule has 68 valence electrons. The number of nitrogens with zero attached hydrogens (tertiary/aromatic N) is 1. The van der Waals surface area contributed by atoms with Crippen molar-refractivity contribution in [3.8, 4) is 0 Å². The number of aliphatic imine (C=N–C) groups is 1. The molecule has 0 N–H and O–H groups in total. The molecule has 0 radical (unpaired) electrons. The van der Waals surface area contributed by atoms with Gasteiger partial charge in [0, 0.05) is 6.21 Å². The number of fused-ring (bicyclic) bond motifs is 2. The maximum Gasteiger partial charge on any atom is 0.253 e. The Hall–Kier alpha value is -0.570. The van der Waals surface area contributed by atoms with Gasteiger partial charge in [0.1, 0.15) is 0 Å². The fourth-order valence-electron chi connectivity index (χ4n) is 2.48. The Bertz CT molecular complexity index is 332. The summed E-state index contributed by atoms with van der Waals surface area (Å²) < 4.78 is 0. The SMILES string of the molecule is O=C1N=CC2=C3SCCC3CCC12. The average Bonchev–Trinajstić information content (AvgIpc) is 2.70. The molecule has 0 aromatic heterocycles. The first-order valence-electron chi connectivity index (χ1n) is 4.81. The van der Waals surface area contributed by atoms with E-state index in [4.69, 9.17) is 0 Å². The molecule has 0 aromatic rings. The Balaban J connectivity index is 2.07. The number of thioether (sulfide) groups is 1. The summed E-state index contributed by atoms with van der Waals surface area (Å²) in [5.41, 5.74) is 1.25.